The van der Waals surface area contributed by atoms with Crippen LogP contribution in [0.4, 0.5) is 0 Å². The van der Waals surface area contributed by atoms with Gasteiger partial charge in [-0.05, 0) is 53.3 Å². The summed E-state index contributed by atoms with van der Waals surface area (Å²) in [5, 5.41) is 12.9. The Morgan fingerprint density at radius 1 is 1.04 bits per heavy atom. The molecule has 0 radical (unpaired) electrons. The highest BCUT2D eigenvalue weighted by molar-refractivity contribution is 7.07. The lowest BCUT2D eigenvalue weighted by atomic mass is 10.0. The SMILES string of the molecule is O=C(O)CCCCCCc1ccccc1OCCc1ccsc1. The first-order valence-electron chi connectivity index (χ1n) is 8.19. The van der Waals surface area contributed by atoms with Crippen LogP contribution in [0.1, 0.15) is 43.2 Å². The summed E-state index contributed by atoms with van der Waals surface area (Å²) in [6, 6.07) is 10.4. The number of unbranched alkanes of at least 4 members (excludes halogenated alkanes) is 3. The number of aliphatic carboxylic acids is 1. The Bertz CT molecular complexity index is 578. The van der Waals surface area contributed by atoms with E-state index in [0.29, 0.717) is 6.61 Å². The Labute approximate surface area is 141 Å². The van der Waals surface area contributed by atoms with Crippen molar-refractivity contribution in [2.45, 2.75) is 44.9 Å². The summed E-state index contributed by atoms with van der Waals surface area (Å²) < 4.78 is 5.95. The van der Waals surface area contributed by atoms with Crippen molar-refractivity contribution in [2.75, 3.05) is 6.61 Å². The van der Waals surface area contributed by atoms with E-state index in [1.165, 1.54) is 11.1 Å². The van der Waals surface area contributed by atoms with Gasteiger partial charge in [0.1, 0.15) is 5.75 Å². The van der Waals surface area contributed by atoms with Crippen molar-refractivity contribution in [2.24, 2.45) is 0 Å². The number of thiophene rings is 1. The number of hydrogen-bond acceptors (Lipinski definition) is 3. The quantitative estimate of drug-likeness (QED) is 0.592. The summed E-state index contributed by atoms with van der Waals surface area (Å²) >= 11 is 1.72. The van der Waals surface area contributed by atoms with Crippen molar-refractivity contribution in [3.05, 3.63) is 52.2 Å². The lowest BCUT2D eigenvalue weighted by Crippen LogP contribution is -2.03. The number of ether oxygens (including phenoxy) is 1. The zero-order valence-corrected chi connectivity index (χ0v) is 14.2. The molecule has 0 saturated heterocycles. The highest BCUT2D eigenvalue weighted by atomic mass is 32.1. The van der Waals surface area contributed by atoms with Crippen LogP contribution in [0.25, 0.3) is 0 Å². The van der Waals surface area contributed by atoms with Crippen LogP contribution in [0, 0.1) is 0 Å². The van der Waals surface area contributed by atoms with Gasteiger partial charge in [-0.1, -0.05) is 31.0 Å². The molecular weight excluding hydrogens is 308 g/mol. The van der Waals surface area contributed by atoms with Crippen LogP contribution in [0.2, 0.25) is 0 Å². The Morgan fingerprint density at radius 3 is 2.65 bits per heavy atom. The van der Waals surface area contributed by atoms with Crippen LogP contribution in [0.15, 0.2) is 41.1 Å². The smallest absolute Gasteiger partial charge is 0.303 e. The molecule has 0 bridgehead atoms. The van der Waals surface area contributed by atoms with Gasteiger partial charge in [-0.15, -0.1) is 0 Å². The van der Waals surface area contributed by atoms with Crippen molar-refractivity contribution in [3.8, 4) is 5.75 Å². The summed E-state index contributed by atoms with van der Waals surface area (Å²) in [6.45, 7) is 0.701. The van der Waals surface area contributed by atoms with E-state index in [2.05, 4.69) is 22.9 Å². The number of hydrogen-bond donors (Lipinski definition) is 1. The Balaban J connectivity index is 1.70. The molecular formula is C19H24O3S. The van der Waals surface area contributed by atoms with Gasteiger partial charge in [-0.2, -0.15) is 11.3 Å². The number of carboxylic acids is 1. The lowest BCUT2D eigenvalue weighted by molar-refractivity contribution is -0.137. The standard InChI is InChI=1S/C19H24O3S/c20-19(21)10-4-2-1-3-7-17-8-5-6-9-18(17)22-13-11-16-12-14-23-15-16/h5-6,8-9,12,14-15H,1-4,7,10-11,13H2,(H,20,21). The van der Waals surface area contributed by atoms with Crippen molar-refractivity contribution >= 4 is 17.3 Å². The van der Waals surface area contributed by atoms with Crippen LogP contribution in [-0.4, -0.2) is 17.7 Å². The first kappa shape index (κ1) is 17.5. The molecule has 3 nitrogen and oxygen atoms in total. The molecule has 1 heterocycles. The summed E-state index contributed by atoms with van der Waals surface area (Å²) in [5.74, 6) is 0.280. The molecule has 0 aliphatic heterocycles. The van der Waals surface area contributed by atoms with Crippen molar-refractivity contribution in [1.82, 2.24) is 0 Å². The third kappa shape index (κ3) is 6.87. The highest BCUT2D eigenvalue weighted by Crippen LogP contribution is 2.21. The minimum atomic E-state index is -0.700. The van der Waals surface area contributed by atoms with Crippen molar-refractivity contribution in [3.63, 3.8) is 0 Å². The fourth-order valence-electron chi connectivity index (χ4n) is 2.51. The fourth-order valence-corrected chi connectivity index (χ4v) is 3.21. The van der Waals surface area contributed by atoms with Gasteiger partial charge < -0.3 is 9.84 Å². The summed E-state index contributed by atoms with van der Waals surface area (Å²) in [6.07, 6.45) is 6.10. The highest BCUT2D eigenvalue weighted by Gasteiger charge is 2.04. The van der Waals surface area contributed by atoms with Crippen LogP contribution < -0.4 is 4.74 Å². The molecule has 0 spiro atoms. The molecule has 2 rings (SSSR count). The van der Waals surface area contributed by atoms with Gasteiger partial charge >= 0.3 is 5.97 Å². The van der Waals surface area contributed by atoms with Gasteiger partial charge in [-0.3, -0.25) is 4.79 Å². The average Bonchev–Trinajstić information content (AvgIpc) is 3.05. The van der Waals surface area contributed by atoms with Crippen LogP contribution in [0.3, 0.4) is 0 Å². The first-order valence-corrected chi connectivity index (χ1v) is 9.13. The van der Waals surface area contributed by atoms with E-state index in [1.807, 2.05) is 18.2 Å². The molecule has 0 fully saturated rings. The van der Waals surface area contributed by atoms with Crippen molar-refractivity contribution < 1.29 is 14.6 Å². The maximum Gasteiger partial charge on any atom is 0.303 e. The molecule has 1 N–H and O–H groups in total. The third-order valence-electron chi connectivity index (χ3n) is 3.79. The lowest BCUT2D eigenvalue weighted by Gasteiger charge is -2.11. The minimum Gasteiger partial charge on any atom is -0.493 e. The molecule has 0 saturated carbocycles. The molecule has 124 valence electrons. The van der Waals surface area contributed by atoms with Gasteiger partial charge in [0.2, 0.25) is 0 Å². The molecule has 1 aromatic carbocycles. The number of carbonyl (C=O) groups is 1. The second-order valence-corrected chi connectivity index (χ2v) is 6.43. The summed E-state index contributed by atoms with van der Waals surface area (Å²) in [7, 11) is 0. The molecule has 1 aromatic heterocycles. The van der Waals surface area contributed by atoms with E-state index in [1.54, 1.807) is 11.3 Å². The second-order valence-electron chi connectivity index (χ2n) is 5.65. The normalized spacial score (nSPS) is 10.6. The molecule has 23 heavy (non-hydrogen) atoms. The number of carboxylic acid groups (broad SMARTS) is 1. The number of rotatable bonds is 11. The van der Waals surface area contributed by atoms with E-state index in [4.69, 9.17) is 9.84 Å². The van der Waals surface area contributed by atoms with E-state index in [-0.39, 0.29) is 6.42 Å². The number of aryl methyl sites for hydroxylation is 1. The van der Waals surface area contributed by atoms with Crippen LogP contribution >= 0.6 is 11.3 Å². The molecule has 2 aromatic rings. The zero-order chi connectivity index (χ0) is 16.3. The van der Waals surface area contributed by atoms with Crippen LogP contribution in [0.5, 0.6) is 5.75 Å². The third-order valence-corrected chi connectivity index (χ3v) is 4.52. The van der Waals surface area contributed by atoms with Gasteiger partial charge in [0, 0.05) is 12.8 Å². The molecule has 4 heteroatoms. The maximum atomic E-state index is 10.5. The minimum absolute atomic E-state index is 0.280. The number of para-hydroxylation sites is 1. The second kappa shape index (κ2) is 10.1. The zero-order valence-electron chi connectivity index (χ0n) is 13.4. The first-order chi connectivity index (χ1) is 11.3. The van der Waals surface area contributed by atoms with E-state index in [0.717, 1.165) is 44.3 Å². The monoisotopic (exact) mass is 332 g/mol. The van der Waals surface area contributed by atoms with Gasteiger partial charge in [-0.25, -0.2) is 0 Å². The maximum absolute atomic E-state index is 10.5. The predicted octanol–water partition coefficient (Wildman–Crippen LogP) is 4.95. The van der Waals surface area contributed by atoms with E-state index < -0.39 is 5.97 Å². The Morgan fingerprint density at radius 2 is 1.87 bits per heavy atom. The Hall–Kier alpha value is -1.81. The van der Waals surface area contributed by atoms with Gasteiger partial charge in [0.25, 0.3) is 0 Å². The topological polar surface area (TPSA) is 46.5 Å². The molecule has 0 atom stereocenters. The molecule has 0 unspecified atom stereocenters. The average molecular weight is 332 g/mol. The van der Waals surface area contributed by atoms with Crippen LogP contribution in [-0.2, 0) is 17.6 Å². The van der Waals surface area contributed by atoms with E-state index in [9.17, 15) is 4.79 Å². The fraction of sp³-hybridized carbons (Fsp3) is 0.421. The molecule has 0 amide bonds. The summed E-state index contributed by atoms with van der Waals surface area (Å²) in [5.41, 5.74) is 2.57. The molecule has 0 aliphatic carbocycles. The number of benzene rings is 1. The largest absolute Gasteiger partial charge is 0.493 e. The van der Waals surface area contributed by atoms with Gasteiger partial charge in [0.15, 0.2) is 0 Å². The van der Waals surface area contributed by atoms with Crippen molar-refractivity contribution in [1.29, 1.82) is 0 Å². The Kier molecular flexibility index (Phi) is 7.67. The molecule has 0 aliphatic rings. The van der Waals surface area contributed by atoms with Gasteiger partial charge in [0.05, 0.1) is 6.61 Å². The summed E-state index contributed by atoms with van der Waals surface area (Å²) in [4.78, 5) is 10.5. The van der Waals surface area contributed by atoms with E-state index >= 15 is 0 Å². The predicted molar refractivity (Wildman–Crippen MR) is 94.4 cm³/mol.